The van der Waals surface area contributed by atoms with Crippen LogP contribution >= 0.6 is 11.6 Å². The fourth-order valence-electron chi connectivity index (χ4n) is 2.57. The van der Waals surface area contributed by atoms with Gasteiger partial charge in [-0.3, -0.25) is 4.79 Å². The summed E-state index contributed by atoms with van der Waals surface area (Å²) in [5, 5.41) is 3.55. The molecule has 8 heteroatoms. The predicted octanol–water partition coefficient (Wildman–Crippen LogP) is 2.27. The average Bonchev–Trinajstić information content (AvgIpc) is 2.63. The zero-order valence-corrected chi connectivity index (χ0v) is 15.0. The Bertz CT molecular complexity index is 745. The number of benzene rings is 1. The molecule has 0 unspecified atom stereocenters. The molecule has 1 aliphatic heterocycles. The van der Waals surface area contributed by atoms with Gasteiger partial charge in [-0.15, -0.1) is 0 Å². The van der Waals surface area contributed by atoms with E-state index in [2.05, 4.69) is 27.2 Å². The van der Waals surface area contributed by atoms with E-state index in [4.69, 9.17) is 16.3 Å². The molecular formula is C17H20ClN5O2. The summed E-state index contributed by atoms with van der Waals surface area (Å²) in [4.78, 5) is 24.9. The molecule has 0 bridgehead atoms. The van der Waals surface area contributed by atoms with Gasteiger partial charge in [-0.25, -0.2) is 9.97 Å². The largest absolute Gasteiger partial charge is 0.495 e. The van der Waals surface area contributed by atoms with Crippen LogP contribution in [0.3, 0.4) is 0 Å². The zero-order chi connectivity index (χ0) is 17.8. The topological polar surface area (TPSA) is 70.6 Å². The summed E-state index contributed by atoms with van der Waals surface area (Å²) in [5.74, 6) is 0.963. The predicted molar refractivity (Wildman–Crippen MR) is 96.7 cm³/mol. The highest BCUT2D eigenvalue weighted by Crippen LogP contribution is 2.28. The molecule has 1 saturated heterocycles. The third kappa shape index (κ3) is 4.18. The van der Waals surface area contributed by atoms with Gasteiger partial charge in [-0.1, -0.05) is 11.6 Å². The lowest BCUT2D eigenvalue weighted by Gasteiger charge is -2.32. The van der Waals surface area contributed by atoms with Crippen LogP contribution in [0.5, 0.6) is 5.75 Å². The number of likely N-dealkylation sites (N-methyl/N-ethyl adjacent to an activating group) is 1. The molecule has 1 amide bonds. The van der Waals surface area contributed by atoms with E-state index in [0.717, 1.165) is 31.9 Å². The first-order valence-electron chi connectivity index (χ1n) is 7.97. The molecule has 2 aromatic rings. The van der Waals surface area contributed by atoms with Gasteiger partial charge < -0.3 is 19.9 Å². The number of carbonyl (C=O) groups excluding carboxylic acids is 1. The van der Waals surface area contributed by atoms with E-state index in [1.165, 1.54) is 0 Å². The minimum atomic E-state index is -0.0351. The van der Waals surface area contributed by atoms with Crippen LogP contribution in [0, 0.1) is 0 Å². The van der Waals surface area contributed by atoms with Crippen LogP contribution in [0.25, 0.3) is 0 Å². The van der Waals surface area contributed by atoms with Gasteiger partial charge >= 0.3 is 0 Å². The number of anilines is 2. The first-order chi connectivity index (χ1) is 12.1. The van der Waals surface area contributed by atoms with E-state index in [0.29, 0.717) is 22.3 Å². The second-order valence-electron chi connectivity index (χ2n) is 5.87. The number of ether oxygens (including phenoxy) is 1. The van der Waals surface area contributed by atoms with E-state index in [1.54, 1.807) is 31.6 Å². The SMILES string of the molecule is COc1ccc(Nc2ncc(C(=O)N3CCN(C)CC3)cn2)cc1Cl. The third-order valence-corrected chi connectivity index (χ3v) is 4.39. The summed E-state index contributed by atoms with van der Waals surface area (Å²) >= 11 is 6.10. The number of rotatable bonds is 4. The lowest BCUT2D eigenvalue weighted by Crippen LogP contribution is -2.47. The van der Waals surface area contributed by atoms with Gasteiger partial charge in [-0.2, -0.15) is 0 Å². The number of amides is 1. The second-order valence-corrected chi connectivity index (χ2v) is 6.27. The van der Waals surface area contributed by atoms with Crippen LogP contribution in [0.15, 0.2) is 30.6 Å². The first kappa shape index (κ1) is 17.4. The zero-order valence-electron chi connectivity index (χ0n) is 14.2. The molecule has 1 fully saturated rings. The number of aromatic nitrogens is 2. The Labute approximate surface area is 151 Å². The van der Waals surface area contributed by atoms with Gasteiger partial charge in [0.2, 0.25) is 5.95 Å². The number of carbonyl (C=O) groups is 1. The summed E-state index contributed by atoms with van der Waals surface area (Å²) in [6.45, 7) is 3.20. The summed E-state index contributed by atoms with van der Waals surface area (Å²) in [6.07, 6.45) is 3.09. The summed E-state index contributed by atoms with van der Waals surface area (Å²) in [7, 11) is 3.62. The maximum Gasteiger partial charge on any atom is 0.257 e. The quantitative estimate of drug-likeness (QED) is 0.900. The Morgan fingerprint density at radius 1 is 1.20 bits per heavy atom. The molecule has 0 spiro atoms. The maximum absolute atomic E-state index is 12.5. The fraction of sp³-hybridized carbons (Fsp3) is 0.353. The summed E-state index contributed by atoms with van der Waals surface area (Å²) in [6, 6.07) is 5.31. The summed E-state index contributed by atoms with van der Waals surface area (Å²) in [5.41, 5.74) is 1.23. The van der Waals surface area contributed by atoms with Crippen molar-refractivity contribution in [3.8, 4) is 5.75 Å². The van der Waals surface area contributed by atoms with Crippen molar-refractivity contribution in [2.24, 2.45) is 0 Å². The number of hydrogen-bond donors (Lipinski definition) is 1. The van der Waals surface area contributed by atoms with Crippen molar-refractivity contribution in [1.82, 2.24) is 19.8 Å². The lowest BCUT2D eigenvalue weighted by molar-refractivity contribution is 0.0663. The molecular weight excluding hydrogens is 342 g/mol. The number of nitrogens with one attached hydrogen (secondary N) is 1. The third-order valence-electron chi connectivity index (χ3n) is 4.10. The van der Waals surface area contributed by atoms with E-state index < -0.39 is 0 Å². The minimum absolute atomic E-state index is 0.0351. The van der Waals surface area contributed by atoms with Crippen LogP contribution in [0.4, 0.5) is 11.6 Å². The smallest absolute Gasteiger partial charge is 0.257 e. The highest BCUT2D eigenvalue weighted by atomic mass is 35.5. The Balaban J connectivity index is 1.66. The number of hydrogen-bond acceptors (Lipinski definition) is 6. The van der Waals surface area contributed by atoms with Crippen molar-refractivity contribution in [3.63, 3.8) is 0 Å². The van der Waals surface area contributed by atoms with Crippen molar-refractivity contribution in [3.05, 3.63) is 41.2 Å². The Morgan fingerprint density at radius 3 is 2.48 bits per heavy atom. The Morgan fingerprint density at radius 2 is 1.88 bits per heavy atom. The number of methoxy groups -OCH3 is 1. The standard InChI is InChI=1S/C17H20ClN5O2/c1-22-5-7-23(8-6-22)16(24)12-10-19-17(20-11-12)21-13-3-4-15(25-2)14(18)9-13/h3-4,9-11H,5-8H2,1-2H3,(H,19,20,21). The van der Waals surface area contributed by atoms with Gasteiger partial charge in [-0.05, 0) is 25.2 Å². The Kier molecular flexibility index (Phi) is 5.35. The first-order valence-corrected chi connectivity index (χ1v) is 8.35. The fourth-order valence-corrected chi connectivity index (χ4v) is 2.83. The second kappa shape index (κ2) is 7.67. The molecule has 1 N–H and O–H groups in total. The van der Waals surface area contributed by atoms with E-state index >= 15 is 0 Å². The molecule has 3 rings (SSSR count). The van der Waals surface area contributed by atoms with Gasteiger partial charge in [0.1, 0.15) is 5.75 Å². The van der Waals surface area contributed by atoms with Gasteiger partial charge in [0.25, 0.3) is 5.91 Å². The monoisotopic (exact) mass is 361 g/mol. The Hall–Kier alpha value is -2.38. The van der Waals surface area contributed by atoms with Crippen LogP contribution < -0.4 is 10.1 Å². The number of piperazine rings is 1. The number of nitrogens with zero attached hydrogens (tertiary/aromatic N) is 4. The van der Waals surface area contributed by atoms with Crippen molar-refractivity contribution < 1.29 is 9.53 Å². The van der Waals surface area contributed by atoms with Gasteiger partial charge in [0, 0.05) is 44.3 Å². The van der Waals surface area contributed by atoms with Gasteiger partial charge in [0.15, 0.2) is 0 Å². The highest BCUT2D eigenvalue weighted by Gasteiger charge is 2.20. The van der Waals surface area contributed by atoms with Crippen LogP contribution in [0.2, 0.25) is 5.02 Å². The van der Waals surface area contributed by atoms with E-state index in [9.17, 15) is 4.79 Å². The van der Waals surface area contributed by atoms with Crippen molar-refractivity contribution in [2.45, 2.75) is 0 Å². The highest BCUT2D eigenvalue weighted by molar-refractivity contribution is 6.32. The molecule has 132 valence electrons. The summed E-state index contributed by atoms with van der Waals surface area (Å²) < 4.78 is 5.12. The minimum Gasteiger partial charge on any atom is -0.495 e. The van der Waals surface area contributed by atoms with Crippen LogP contribution in [0.1, 0.15) is 10.4 Å². The van der Waals surface area contributed by atoms with Gasteiger partial charge in [0.05, 0.1) is 17.7 Å². The van der Waals surface area contributed by atoms with Crippen molar-refractivity contribution >= 4 is 29.1 Å². The van der Waals surface area contributed by atoms with E-state index in [-0.39, 0.29) is 5.91 Å². The lowest BCUT2D eigenvalue weighted by atomic mass is 10.2. The molecule has 0 atom stereocenters. The normalized spacial score (nSPS) is 15.1. The van der Waals surface area contributed by atoms with E-state index in [1.807, 2.05) is 11.0 Å². The van der Waals surface area contributed by atoms with Crippen molar-refractivity contribution in [1.29, 1.82) is 0 Å². The van der Waals surface area contributed by atoms with Crippen molar-refractivity contribution in [2.75, 3.05) is 45.7 Å². The molecule has 1 aliphatic rings. The molecule has 0 saturated carbocycles. The molecule has 1 aromatic carbocycles. The molecule has 2 heterocycles. The molecule has 25 heavy (non-hydrogen) atoms. The van der Waals surface area contributed by atoms with Crippen LogP contribution in [-0.2, 0) is 0 Å². The average molecular weight is 362 g/mol. The maximum atomic E-state index is 12.5. The molecule has 7 nitrogen and oxygen atoms in total. The number of halogens is 1. The molecule has 0 radical (unpaired) electrons. The van der Waals surface area contributed by atoms with Crippen LogP contribution in [-0.4, -0.2) is 66.0 Å². The molecule has 0 aliphatic carbocycles. The molecule has 1 aromatic heterocycles.